The molecule has 346 valence electrons. The highest BCUT2D eigenvalue weighted by Crippen LogP contribution is 2.27. The number of rotatable bonds is 0. The van der Waals surface area contributed by atoms with Gasteiger partial charge in [-0.3, -0.25) is 18.7 Å². The van der Waals surface area contributed by atoms with Crippen LogP contribution in [0.1, 0.15) is 0 Å². The van der Waals surface area contributed by atoms with Crippen molar-refractivity contribution in [1.29, 1.82) is 0 Å². The highest BCUT2D eigenvalue weighted by Gasteiger charge is 2.05. The van der Waals surface area contributed by atoms with Crippen molar-refractivity contribution < 1.29 is 0 Å². The quantitative estimate of drug-likeness (QED) is 0.147. The Morgan fingerprint density at radius 3 is 1.46 bits per heavy atom. The molecule has 0 amide bonds. The van der Waals surface area contributed by atoms with E-state index in [-0.39, 0.29) is 0 Å². The van der Waals surface area contributed by atoms with Gasteiger partial charge in [-0.05, 0) is 66.0 Å². The predicted molar refractivity (Wildman–Crippen MR) is 273 cm³/mol. The van der Waals surface area contributed by atoms with E-state index in [1.165, 1.54) is 49.9 Å². The first-order valence-corrected chi connectivity index (χ1v) is 21.7. The molecule has 0 atom stereocenters. The molecule has 68 heavy (non-hydrogen) atoms. The first kappa shape index (κ1) is 48.5. The lowest BCUT2D eigenvalue weighted by Crippen LogP contribution is -1.88. The van der Waals surface area contributed by atoms with Crippen LogP contribution < -0.4 is 0 Å². The zero-order valence-electron chi connectivity index (χ0n) is 39.8. The van der Waals surface area contributed by atoms with Crippen LogP contribution in [0.2, 0.25) is 0 Å². The zero-order valence-corrected chi connectivity index (χ0v) is 39.8. The number of aromatic nitrogens is 16. The Morgan fingerprint density at radius 2 is 1.00 bits per heavy atom. The molecule has 8 aromatic heterocycles. The van der Waals surface area contributed by atoms with Crippen molar-refractivity contribution >= 4 is 54.6 Å². The Kier molecular flexibility index (Phi) is 17.8. The maximum Gasteiger partial charge on any atom is 0.137 e. The van der Waals surface area contributed by atoms with Crippen molar-refractivity contribution in [1.82, 2.24) is 78.0 Å². The van der Waals surface area contributed by atoms with Crippen LogP contribution in [0.15, 0.2) is 208 Å². The summed E-state index contributed by atoms with van der Waals surface area (Å²) in [5.41, 5.74) is 7.10. The fourth-order valence-corrected chi connectivity index (χ4v) is 6.73. The number of benzene rings is 5. The molecule has 0 aliphatic rings. The van der Waals surface area contributed by atoms with Gasteiger partial charge in [0.1, 0.15) is 18.2 Å². The van der Waals surface area contributed by atoms with Crippen molar-refractivity contribution in [3.63, 3.8) is 0 Å². The molecular weight excluding hydrogens is 849 g/mol. The number of para-hydroxylation sites is 5. The topological polar surface area (TPSA) is 143 Å². The maximum absolute atomic E-state index is 4.11. The summed E-state index contributed by atoms with van der Waals surface area (Å²) in [5.74, 6) is 0. The molecule has 5 aromatic carbocycles. The monoisotopic (exact) mass is 907 g/mol. The predicted octanol–water partition coefficient (Wildman–Crippen LogP) is 9.13. The van der Waals surface area contributed by atoms with Crippen LogP contribution >= 0.6 is 0 Å². The molecule has 13 aromatic rings. The third-order valence-corrected chi connectivity index (χ3v) is 10.3. The SMILES string of the molecule is Cn1c2ccccc2c2ccccc21.Cn1ccc2ccccc21.Cn1cccc1.Cn1cccn1.Cn1ccnn1.Cn1cncn1.Cn1ncc2ccccc21.Cn1nnc2ccccc21. The Bertz CT molecular complexity index is 3030. The van der Waals surface area contributed by atoms with E-state index >= 15 is 0 Å². The van der Waals surface area contributed by atoms with Gasteiger partial charge in [0.05, 0.1) is 23.4 Å². The molecule has 0 unspecified atom stereocenters. The lowest BCUT2D eigenvalue weighted by molar-refractivity contribution is 0.715. The highest BCUT2D eigenvalue weighted by atomic mass is 15.4. The second-order valence-corrected chi connectivity index (χ2v) is 15.3. The average molecular weight is 907 g/mol. The molecule has 0 saturated carbocycles. The standard InChI is InChI=1S/C13H11N.C9H9N.C8H8N2.C7H7N3.C5H7N.C4H6N2.2C3H5N3/c1-14-12-8-4-2-6-10(12)11-7-3-5-9-13(11)14;1-10-7-6-8-4-2-3-5-9(8)10;1-10-8-5-3-2-4-7(8)6-9-10;1-10-7-5-3-2-4-6(7)8-9-10;2*1-6-4-2-3-5-6;1-6-3-4-2-5-6;1-6-3-2-4-5-6/h2-9H,1H3;2-7H,1H3;2-6H,1H3;2-5H,1H3;2-5H,1H3;2-4H,1H3;2*2-3H,1H3. The maximum atomic E-state index is 4.11. The van der Waals surface area contributed by atoms with Crippen LogP contribution in [0.5, 0.6) is 0 Å². The molecule has 13 rings (SSSR count). The van der Waals surface area contributed by atoms with Crippen molar-refractivity contribution in [2.75, 3.05) is 0 Å². The van der Waals surface area contributed by atoms with Gasteiger partial charge in [0, 0.05) is 126 Å². The molecule has 0 aliphatic heterocycles. The minimum atomic E-state index is 0.949. The van der Waals surface area contributed by atoms with E-state index in [1.807, 2.05) is 131 Å². The van der Waals surface area contributed by atoms with E-state index in [0.717, 1.165) is 11.0 Å². The molecule has 0 spiro atoms. The highest BCUT2D eigenvalue weighted by molar-refractivity contribution is 6.07. The third kappa shape index (κ3) is 14.0. The van der Waals surface area contributed by atoms with E-state index in [0.29, 0.717) is 0 Å². The van der Waals surface area contributed by atoms with Crippen molar-refractivity contribution in [3.8, 4) is 0 Å². The molecule has 16 heteroatoms. The van der Waals surface area contributed by atoms with Crippen LogP contribution in [0.3, 0.4) is 0 Å². The largest absolute Gasteiger partial charge is 0.357 e. The summed E-state index contributed by atoms with van der Waals surface area (Å²) in [4.78, 5) is 3.67. The van der Waals surface area contributed by atoms with Gasteiger partial charge < -0.3 is 13.7 Å². The first-order valence-electron chi connectivity index (χ1n) is 21.7. The summed E-state index contributed by atoms with van der Waals surface area (Å²) in [6.07, 6.45) is 18.1. The number of nitrogens with zero attached hydrogens (tertiary/aromatic N) is 16. The molecule has 0 saturated heterocycles. The normalized spacial score (nSPS) is 10.1. The number of fused-ring (bicyclic) bond motifs is 6. The average Bonchev–Trinajstić information content (AvgIpc) is 4.25. The van der Waals surface area contributed by atoms with Crippen LogP contribution in [0.4, 0.5) is 0 Å². The van der Waals surface area contributed by atoms with E-state index < -0.39 is 0 Å². The van der Waals surface area contributed by atoms with Crippen LogP contribution in [-0.4, -0.2) is 78.0 Å². The minimum absolute atomic E-state index is 0.949. The Labute approximate surface area is 395 Å². The first-order chi connectivity index (χ1) is 33.1. The lowest BCUT2D eigenvalue weighted by Gasteiger charge is -1.95. The van der Waals surface area contributed by atoms with E-state index in [2.05, 4.69) is 161 Å². The van der Waals surface area contributed by atoms with Crippen molar-refractivity contribution in [2.45, 2.75) is 0 Å². The Morgan fingerprint density at radius 1 is 0.397 bits per heavy atom. The lowest BCUT2D eigenvalue weighted by atomic mass is 10.2. The number of hydrogen-bond acceptors (Lipinski definition) is 8. The summed E-state index contributed by atoms with van der Waals surface area (Å²) >= 11 is 0. The fourth-order valence-electron chi connectivity index (χ4n) is 6.73. The Balaban J connectivity index is 0.000000131. The van der Waals surface area contributed by atoms with Gasteiger partial charge in [0.15, 0.2) is 0 Å². The van der Waals surface area contributed by atoms with Crippen molar-refractivity contribution in [3.05, 3.63) is 208 Å². The van der Waals surface area contributed by atoms with E-state index in [4.69, 9.17) is 0 Å². The molecule has 0 aliphatic carbocycles. The summed E-state index contributed by atoms with van der Waals surface area (Å²) < 4.78 is 15.0. The molecule has 0 radical (unpaired) electrons. The summed E-state index contributed by atoms with van der Waals surface area (Å²) in [7, 11) is 15.5. The van der Waals surface area contributed by atoms with Gasteiger partial charge in [0.2, 0.25) is 0 Å². The van der Waals surface area contributed by atoms with Gasteiger partial charge in [-0.1, -0.05) is 95.4 Å². The minimum Gasteiger partial charge on any atom is -0.357 e. The Hall–Kier alpha value is -8.92. The van der Waals surface area contributed by atoms with E-state index in [9.17, 15) is 0 Å². The summed E-state index contributed by atoms with van der Waals surface area (Å²) in [5, 5.41) is 31.8. The molecule has 0 N–H and O–H groups in total. The van der Waals surface area contributed by atoms with Gasteiger partial charge in [-0.2, -0.15) is 15.3 Å². The van der Waals surface area contributed by atoms with Crippen LogP contribution in [0, 0.1) is 0 Å². The van der Waals surface area contributed by atoms with Gasteiger partial charge in [0.25, 0.3) is 0 Å². The summed E-state index contributed by atoms with van der Waals surface area (Å²) in [6, 6.07) is 49.4. The van der Waals surface area contributed by atoms with Crippen LogP contribution in [-0.2, 0) is 56.4 Å². The molecule has 8 heterocycles. The molecule has 0 bridgehead atoms. The zero-order chi connectivity index (χ0) is 48.1. The number of aryl methyl sites for hydroxylation is 8. The van der Waals surface area contributed by atoms with Crippen LogP contribution in [0.25, 0.3) is 54.6 Å². The molecular formula is C52H58N16. The number of hydrogen-bond donors (Lipinski definition) is 0. The third-order valence-electron chi connectivity index (χ3n) is 10.3. The second-order valence-electron chi connectivity index (χ2n) is 15.3. The summed E-state index contributed by atoms with van der Waals surface area (Å²) in [6.45, 7) is 0. The van der Waals surface area contributed by atoms with Gasteiger partial charge in [-0.25, -0.2) is 9.67 Å². The van der Waals surface area contributed by atoms with E-state index in [1.54, 1.807) is 43.6 Å². The van der Waals surface area contributed by atoms with Gasteiger partial charge in [-0.15, -0.1) is 10.2 Å². The smallest absolute Gasteiger partial charge is 0.137 e. The second kappa shape index (κ2) is 25.0. The fraction of sp³-hybridized carbons (Fsp3) is 0.154. The molecule has 0 fully saturated rings. The molecule has 16 nitrogen and oxygen atoms in total. The van der Waals surface area contributed by atoms with Gasteiger partial charge >= 0.3 is 0 Å². The van der Waals surface area contributed by atoms with Crippen molar-refractivity contribution in [2.24, 2.45) is 56.4 Å².